The second kappa shape index (κ2) is 8.82. The SMILES string of the molecule is C[N+]1(C(Br)CCCCC(Br)[N+]2(C)CCCCC2)CCCCC1. The molecule has 0 saturated carbocycles. The van der Waals surface area contributed by atoms with Crippen LogP contribution in [0.15, 0.2) is 0 Å². The summed E-state index contributed by atoms with van der Waals surface area (Å²) in [5, 5.41) is 0. The van der Waals surface area contributed by atoms with Crippen molar-refractivity contribution in [1.82, 2.24) is 0 Å². The fourth-order valence-corrected chi connectivity index (χ4v) is 5.74. The summed E-state index contributed by atoms with van der Waals surface area (Å²) in [5.74, 6) is 0. The molecule has 0 aromatic carbocycles. The lowest BCUT2D eigenvalue weighted by atomic mass is 10.1. The predicted octanol–water partition coefficient (Wildman–Crippen LogP) is 5.25. The fraction of sp³-hybridized carbons (Fsp3) is 1.00. The Balaban J connectivity index is 1.65. The normalized spacial score (nSPS) is 27.3. The summed E-state index contributed by atoms with van der Waals surface area (Å²) in [5.41, 5.74) is 0. The van der Waals surface area contributed by atoms with E-state index in [2.05, 4.69) is 46.0 Å². The van der Waals surface area contributed by atoms with Crippen LogP contribution in [0.2, 0.25) is 0 Å². The van der Waals surface area contributed by atoms with Gasteiger partial charge in [0.2, 0.25) is 0 Å². The number of rotatable bonds is 7. The van der Waals surface area contributed by atoms with Gasteiger partial charge in [-0.3, -0.25) is 0 Å². The molecule has 0 aromatic rings. The van der Waals surface area contributed by atoms with Crippen LogP contribution in [0.25, 0.3) is 0 Å². The Bertz CT molecular complexity index is 291. The summed E-state index contributed by atoms with van der Waals surface area (Å²) in [6.07, 6.45) is 13.9. The van der Waals surface area contributed by atoms with E-state index in [1.165, 1.54) is 99.4 Å². The second-order valence-electron chi connectivity index (χ2n) is 8.13. The number of hydrogen-bond donors (Lipinski definition) is 0. The van der Waals surface area contributed by atoms with Crippen LogP contribution in [0.5, 0.6) is 0 Å². The van der Waals surface area contributed by atoms with Crippen molar-refractivity contribution in [2.75, 3.05) is 40.3 Å². The van der Waals surface area contributed by atoms with Crippen molar-refractivity contribution in [3.63, 3.8) is 0 Å². The van der Waals surface area contributed by atoms with Gasteiger partial charge < -0.3 is 8.97 Å². The molecule has 2 atom stereocenters. The first-order valence-electron chi connectivity index (χ1n) is 9.43. The molecule has 2 saturated heterocycles. The van der Waals surface area contributed by atoms with Crippen molar-refractivity contribution in [3.8, 4) is 0 Å². The third-order valence-corrected chi connectivity index (χ3v) is 9.06. The van der Waals surface area contributed by atoms with Crippen LogP contribution in [0.1, 0.15) is 64.2 Å². The minimum atomic E-state index is 0.668. The Hall–Kier alpha value is 0.880. The third kappa shape index (κ3) is 5.19. The number of nitrogens with zero attached hydrogens (tertiary/aromatic N) is 2. The van der Waals surface area contributed by atoms with Gasteiger partial charge in [0.25, 0.3) is 0 Å². The lowest BCUT2D eigenvalue weighted by Gasteiger charge is -2.42. The van der Waals surface area contributed by atoms with Crippen LogP contribution in [0.3, 0.4) is 0 Å². The van der Waals surface area contributed by atoms with Crippen LogP contribution >= 0.6 is 31.9 Å². The zero-order valence-corrected chi connectivity index (χ0v) is 17.9. The molecule has 2 aliphatic rings. The van der Waals surface area contributed by atoms with Gasteiger partial charge in [-0.25, -0.2) is 0 Å². The Morgan fingerprint density at radius 1 is 0.636 bits per heavy atom. The van der Waals surface area contributed by atoms with Crippen LogP contribution in [-0.4, -0.2) is 59.1 Å². The average molecular weight is 440 g/mol. The maximum Gasteiger partial charge on any atom is 0.144 e. The van der Waals surface area contributed by atoms with Crippen molar-refractivity contribution >= 4 is 31.9 Å². The van der Waals surface area contributed by atoms with Gasteiger partial charge in [0.05, 0.1) is 40.3 Å². The van der Waals surface area contributed by atoms with Crippen LogP contribution in [0.4, 0.5) is 0 Å². The van der Waals surface area contributed by atoms with E-state index in [4.69, 9.17) is 0 Å². The van der Waals surface area contributed by atoms with Crippen molar-refractivity contribution in [3.05, 3.63) is 0 Å². The number of unbranched alkanes of at least 4 members (excludes halogenated alkanes) is 1. The van der Waals surface area contributed by atoms with Gasteiger partial charge in [-0.1, -0.05) is 0 Å². The van der Waals surface area contributed by atoms with E-state index in [1.807, 2.05) is 0 Å². The topological polar surface area (TPSA) is 0 Å². The summed E-state index contributed by atoms with van der Waals surface area (Å²) in [7, 11) is 4.90. The van der Waals surface area contributed by atoms with Gasteiger partial charge in [0, 0.05) is 12.8 Å². The highest BCUT2D eigenvalue weighted by Gasteiger charge is 2.33. The molecule has 2 heterocycles. The fourth-order valence-electron chi connectivity index (χ4n) is 4.28. The highest BCUT2D eigenvalue weighted by molar-refractivity contribution is 9.09. The third-order valence-electron chi connectivity index (χ3n) is 6.16. The molecule has 4 heteroatoms. The lowest BCUT2D eigenvalue weighted by Crippen LogP contribution is -2.53. The quantitative estimate of drug-likeness (QED) is 0.220. The molecule has 0 aromatic heterocycles. The Morgan fingerprint density at radius 2 is 0.955 bits per heavy atom. The smallest absolute Gasteiger partial charge is 0.144 e. The summed E-state index contributed by atoms with van der Waals surface area (Å²) in [6.45, 7) is 5.47. The zero-order chi connectivity index (χ0) is 16.1. The minimum Gasteiger partial charge on any atom is -0.315 e. The average Bonchev–Trinajstić information content (AvgIpc) is 2.52. The van der Waals surface area contributed by atoms with Crippen molar-refractivity contribution < 1.29 is 8.97 Å². The summed E-state index contributed by atoms with van der Waals surface area (Å²) < 4.78 is 2.51. The van der Waals surface area contributed by atoms with Gasteiger partial charge in [0.15, 0.2) is 0 Å². The van der Waals surface area contributed by atoms with Crippen LogP contribution < -0.4 is 0 Å². The first kappa shape index (κ1) is 19.2. The van der Waals surface area contributed by atoms with Gasteiger partial charge in [-0.05, 0) is 83.2 Å². The summed E-state index contributed by atoms with van der Waals surface area (Å²) in [6, 6.07) is 0. The van der Waals surface area contributed by atoms with E-state index in [1.54, 1.807) is 0 Å². The van der Waals surface area contributed by atoms with E-state index < -0.39 is 0 Å². The standard InChI is InChI=1S/C18H36Br2N2/c1-21(13-7-3-8-14-21)17(19)11-5-6-12-18(20)22(2)15-9-4-10-16-22/h17-18H,3-16H2,1-2H3/q+2. The van der Waals surface area contributed by atoms with E-state index in [0.29, 0.717) is 9.90 Å². The highest BCUT2D eigenvalue weighted by Crippen LogP contribution is 2.30. The van der Waals surface area contributed by atoms with Gasteiger partial charge in [-0.15, -0.1) is 0 Å². The molecule has 0 bridgehead atoms. The number of alkyl halides is 2. The van der Waals surface area contributed by atoms with Gasteiger partial charge >= 0.3 is 0 Å². The number of halogens is 2. The molecule has 2 unspecified atom stereocenters. The molecule has 0 N–H and O–H groups in total. The summed E-state index contributed by atoms with van der Waals surface area (Å²) in [4.78, 5) is 1.34. The molecular formula is C18H36Br2N2+2. The maximum absolute atomic E-state index is 4.01. The first-order chi connectivity index (χ1) is 10.5. The molecule has 0 amide bonds. The van der Waals surface area contributed by atoms with Crippen LogP contribution in [-0.2, 0) is 0 Å². The van der Waals surface area contributed by atoms with Gasteiger partial charge in [0.1, 0.15) is 9.90 Å². The van der Waals surface area contributed by atoms with Crippen molar-refractivity contribution in [1.29, 1.82) is 0 Å². The van der Waals surface area contributed by atoms with Crippen molar-refractivity contribution in [2.45, 2.75) is 74.1 Å². The van der Waals surface area contributed by atoms with Crippen LogP contribution in [0, 0.1) is 0 Å². The van der Waals surface area contributed by atoms with E-state index >= 15 is 0 Å². The van der Waals surface area contributed by atoms with Crippen molar-refractivity contribution in [2.24, 2.45) is 0 Å². The molecule has 0 spiro atoms. The van der Waals surface area contributed by atoms with E-state index in [0.717, 1.165) is 0 Å². The lowest BCUT2D eigenvalue weighted by molar-refractivity contribution is -0.923. The predicted molar refractivity (Wildman–Crippen MR) is 103 cm³/mol. The maximum atomic E-state index is 4.01. The second-order valence-corrected chi connectivity index (χ2v) is 10.2. The van der Waals surface area contributed by atoms with E-state index in [-0.39, 0.29) is 0 Å². The number of piperidine rings is 2. The monoisotopic (exact) mass is 438 g/mol. The van der Waals surface area contributed by atoms with Gasteiger partial charge in [-0.2, -0.15) is 0 Å². The summed E-state index contributed by atoms with van der Waals surface area (Å²) >= 11 is 8.01. The Morgan fingerprint density at radius 3 is 1.27 bits per heavy atom. The largest absolute Gasteiger partial charge is 0.315 e. The zero-order valence-electron chi connectivity index (χ0n) is 14.7. The molecule has 2 rings (SSSR count). The Labute approximate surface area is 155 Å². The molecule has 22 heavy (non-hydrogen) atoms. The number of quaternary nitrogens is 2. The molecule has 130 valence electrons. The molecule has 2 fully saturated rings. The molecule has 0 aliphatic carbocycles. The molecular weight excluding hydrogens is 404 g/mol. The Kier molecular flexibility index (Phi) is 7.70. The molecule has 2 nitrogen and oxygen atoms in total. The highest BCUT2D eigenvalue weighted by atomic mass is 79.9. The first-order valence-corrected chi connectivity index (χ1v) is 11.3. The minimum absolute atomic E-state index is 0.668. The number of likely N-dealkylation sites (tertiary alicyclic amines) is 2. The number of hydrogen-bond acceptors (Lipinski definition) is 0. The molecule has 2 aliphatic heterocycles. The van der Waals surface area contributed by atoms with E-state index in [9.17, 15) is 0 Å². The molecule has 0 radical (unpaired) electrons.